The summed E-state index contributed by atoms with van der Waals surface area (Å²) in [5.41, 5.74) is 1.31. The molecule has 0 atom stereocenters. The first-order chi connectivity index (χ1) is 8.76. The summed E-state index contributed by atoms with van der Waals surface area (Å²) in [6.07, 6.45) is 3.35. The number of hydrogen-bond acceptors (Lipinski definition) is 4. The van der Waals surface area contributed by atoms with Gasteiger partial charge in [-0.05, 0) is 34.5 Å². The summed E-state index contributed by atoms with van der Waals surface area (Å²) in [7, 11) is 0. The fourth-order valence-electron chi connectivity index (χ4n) is 1.83. The van der Waals surface area contributed by atoms with Gasteiger partial charge in [0.15, 0.2) is 10.4 Å². The number of unbranched alkanes of at least 4 members (excludes halogenated alkanes) is 2. The molecule has 0 unspecified atom stereocenters. The Kier molecular flexibility index (Phi) is 4.54. The zero-order valence-corrected chi connectivity index (χ0v) is 11.9. The molecule has 2 aromatic rings. The molecule has 2 rings (SSSR count). The second-order valence-electron chi connectivity index (χ2n) is 4.08. The van der Waals surface area contributed by atoms with Crippen LogP contribution in [-0.2, 0) is 13.2 Å². The number of hydrogen-bond donors (Lipinski definition) is 1. The molecule has 0 fully saturated rings. The molecule has 0 saturated carbocycles. The number of halogens is 1. The highest BCUT2D eigenvalue weighted by Crippen LogP contribution is 2.27. The van der Waals surface area contributed by atoms with Crippen molar-refractivity contribution < 1.29 is 9.52 Å². The summed E-state index contributed by atoms with van der Waals surface area (Å²) in [6, 6.07) is 3.66. The Bertz CT molecular complexity index is 507. The molecule has 98 valence electrons. The van der Waals surface area contributed by atoms with Crippen LogP contribution in [0.2, 0.25) is 0 Å². The van der Waals surface area contributed by atoms with Gasteiger partial charge in [0.2, 0.25) is 0 Å². The van der Waals surface area contributed by atoms with Gasteiger partial charge >= 0.3 is 0 Å². The number of nitrogens with zero attached hydrogens (tertiary/aromatic N) is 3. The number of aliphatic hydroxyl groups excluding tert-OH is 1. The van der Waals surface area contributed by atoms with Gasteiger partial charge in [0.1, 0.15) is 11.4 Å². The van der Waals surface area contributed by atoms with Gasteiger partial charge in [-0.2, -0.15) is 0 Å². The van der Waals surface area contributed by atoms with Crippen LogP contribution in [0.5, 0.6) is 0 Å². The summed E-state index contributed by atoms with van der Waals surface area (Å²) in [4.78, 5) is 0. The van der Waals surface area contributed by atoms with E-state index in [0.717, 1.165) is 31.5 Å². The zero-order valence-electron chi connectivity index (χ0n) is 10.3. The molecule has 0 saturated heterocycles. The standard InChI is InChI=1S/C12H16BrN3O2/c1-2-3-4-7-16-12(9(8-17)14-15-16)10-5-6-11(13)18-10/h5-6,17H,2-4,7-8H2,1H3. The van der Waals surface area contributed by atoms with Gasteiger partial charge in [-0.25, -0.2) is 4.68 Å². The van der Waals surface area contributed by atoms with Crippen molar-refractivity contribution in [2.24, 2.45) is 0 Å². The van der Waals surface area contributed by atoms with Crippen molar-refractivity contribution in [2.75, 3.05) is 0 Å². The Hall–Kier alpha value is -1.14. The Morgan fingerprint density at radius 3 is 2.83 bits per heavy atom. The molecule has 0 spiro atoms. The average Bonchev–Trinajstić information content (AvgIpc) is 2.95. The van der Waals surface area contributed by atoms with Crippen molar-refractivity contribution in [2.45, 2.75) is 39.3 Å². The molecule has 0 aromatic carbocycles. The predicted molar refractivity (Wildman–Crippen MR) is 70.9 cm³/mol. The van der Waals surface area contributed by atoms with Gasteiger partial charge in [-0.1, -0.05) is 25.0 Å². The van der Waals surface area contributed by atoms with Crippen LogP contribution in [0.3, 0.4) is 0 Å². The quantitative estimate of drug-likeness (QED) is 0.833. The van der Waals surface area contributed by atoms with Gasteiger partial charge in [-0.3, -0.25) is 0 Å². The number of aromatic nitrogens is 3. The average molecular weight is 314 g/mol. The van der Waals surface area contributed by atoms with E-state index in [1.807, 2.05) is 12.1 Å². The van der Waals surface area contributed by atoms with E-state index in [1.165, 1.54) is 0 Å². The maximum atomic E-state index is 9.30. The Balaban J connectivity index is 2.27. The minimum atomic E-state index is -0.137. The lowest BCUT2D eigenvalue weighted by atomic mass is 10.2. The third-order valence-corrected chi connectivity index (χ3v) is 3.16. The molecule has 2 heterocycles. The molecule has 0 aliphatic rings. The van der Waals surface area contributed by atoms with Crippen LogP contribution in [-0.4, -0.2) is 20.1 Å². The van der Waals surface area contributed by atoms with Crippen LogP contribution < -0.4 is 0 Å². The van der Waals surface area contributed by atoms with Gasteiger partial charge in [-0.15, -0.1) is 5.10 Å². The lowest BCUT2D eigenvalue weighted by Crippen LogP contribution is -2.03. The molecule has 0 amide bonds. The molecule has 5 nitrogen and oxygen atoms in total. The molecule has 0 aliphatic heterocycles. The summed E-state index contributed by atoms with van der Waals surface area (Å²) in [5, 5.41) is 17.4. The fraction of sp³-hybridized carbons (Fsp3) is 0.500. The molecular weight excluding hydrogens is 298 g/mol. The minimum absolute atomic E-state index is 0.137. The van der Waals surface area contributed by atoms with Crippen LogP contribution in [0.4, 0.5) is 0 Å². The van der Waals surface area contributed by atoms with Gasteiger partial charge in [0.05, 0.1) is 6.61 Å². The minimum Gasteiger partial charge on any atom is -0.448 e. The van der Waals surface area contributed by atoms with E-state index in [4.69, 9.17) is 4.42 Å². The summed E-state index contributed by atoms with van der Waals surface area (Å²) in [6.45, 7) is 2.81. The van der Waals surface area contributed by atoms with E-state index >= 15 is 0 Å². The summed E-state index contributed by atoms with van der Waals surface area (Å²) >= 11 is 3.27. The zero-order chi connectivity index (χ0) is 13.0. The second-order valence-corrected chi connectivity index (χ2v) is 4.86. The Labute approximate surface area is 114 Å². The van der Waals surface area contributed by atoms with E-state index in [2.05, 4.69) is 33.2 Å². The monoisotopic (exact) mass is 313 g/mol. The first-order valence-electron chi connectivity index (χ1n) is 6.05. The molecule has 2 aromatic heterocycles. The molecular formula is C12H16BrN3O2. The Morgan fingerprint density at radius 2 is 2.22 bits per heavy atom. The van der Waals surface area contributed by atoms with E-state index in [0.29, 0.717) is 16.1 Å². The SMILES string of the molecule is CCCCCn1nnc(CO)c1-c1ccc(Br)o1. The molecule has 6 heteroatoms. The van der Waals surface area contributed by atoms with Crippen LogP contribution in [0.25, 0.3) is 11.5 Å². The van der Waals surface area contributed by atoms with Crippen LogP contribution in [0.1, 0.15) is 31.9 Å². The van der Waals surface area contributed by atoms with Gasteiger partial charge in [0.25, 0.3) is 0 Å². The first-order valence-corrected chi connectivity index (χ1v) is 6.84. The highest BCUT2D eigenvalue weighted by Gasteiger charge is 2.17. The van der Waals surface area contributed by atoms with Crippen LogP contribution in [0.15, 0.2) is 21.2 Å². The topological polar surface area (TPSA) is 64.1 Å². The van der Waals surface area contributed by atoms with Crippen molar-refractivity contribution in [3.63, 3.8) is 0 Å². The third kappa shape index (κ3) is 2.81. The van der Waals surface area contributed by atoms with E-state index in [-0.39, 0.29) is 6.61 Å². The Morgan fingerprint density at radius 1 is 1.39 bits per heavy atom. The number of aliphatic hydroxyl groups is 1. The highest BCUT2D eigenvalue weighted by molar-refractivity contribution is 9.10. The van der Waals surface area contributed by atoms with Gasteiger partial charge in [0, 0.05) is 6.54 Å². The third-order valence-electron chi connectivity index (χ3n) is 2.73. The molecule has 18 heavy (non-hydrogen) atoms. The summed E-state index contributed by atoms with van der Waals surface area (Å²) < 4.78 is 7.98. The highest BCUT2D eigenvalue weighted by atomic mass is 79.9. The molecule has 1 N–H and O–H groups in total. The lowest BCUT2D eigenvalue weighted by Gasteiger charge is -2.04. The maximum Gasteiger partial charge on any atom is 0.169 e. The fourth-order valence-corrected chi connectivity index (χ4v) is 2.14. The van der Waals surface area contributed by atoms with Crippen molar-refractivity contribution in [3.05, 3.63) is 22.5 Å². The number of aryl methyl sites for hydroxylation is 1. The number of rotatable bonds is 6. The van der Waals surface area contributed by atoms with E-state index in [1.54, 1.807) is 4.68 Å². The van der Waals surface area contributed by atoms with Crippen LogP contribution in [0, 0.1) is 0 Å². The second kappa shape index (κ2) is 6.15. The molecule has 0 radical (unpaired) electrons. The van der Waals surface area contributed by atoms with Crippen LogP contribution >= 0.6 is 15.9 Å². The van der Waals surface area contributed by atoms with Crippen molar-refractivity contribution in [3.8, 4) is 11.5 Å². The lowest BCUT2D eigenvalue weighted by molar-refractivity contribution is 0.277. The summed E-state index contributed by atoms with van der Waals surface area (Å²) in [5.74, 6) is 0.674. The largest absolute Gasteiger partial charge is 0.448 e. The van der Waals surface area contributed by atoms with Crippen molar-refractivity contribution >= 4 is 15.9 Å². The van der Waals surface area contributed by atoms with E-state index in [9.17, 15) is 5.11 Å². The number of furan rings is 1. The normalized spacial score (nSPS) is 11.1. The smallest absolute Gasteiger partial charge is 0.169 e. The first kappa shape index (κ1) is 13.3. The maximum absolute atomic E-state index is 9.30. The van der Waals surface area contributed by atoms with Crippen molar-refractivity contribution in [1.29, 1.82) is 0 Å². The van der Waals surface area contributed by atoms with Gasteiger partial charge < -0.3 is 9.52 Å². The molecule has 0 bridgehead atoms. The van der Waals surface area contributed by atoms with Crippen molar-refractivity contribution in [1.82, 2.24) is 15.0 Å². The predicted octanol–water partition coefficient (Wildman–Crippen LogP) is 2.98. The van der Waals surface area contributed by atoms with E-state index < -0.39 is 0 Å². The molecule has 0 aliphatic carbocycles.